The average molecular weight is 644 g/mol. The number of amides is 1. The van der Waals surface area contributed by atoms with Crippen LogP contribution in [0.2, 0.25) is 0 Å². The molecule has 11 nitrogen and oxygen atoms in total. The third-order valence-electron chi connectivity index (χ3n) is 7.16. The molecule has 3 N–H and O–H groups in total. The predicted octanol–water partition coefficient (Wildman–Crippen LogP) is 6.82. The summed E-state index contributed by atoms with van der Waals surface area (Å²) in [4.78, 5) is 20.9. The maximum atomic E-state index is 14.1. The van der Waals surface area contributed by atoms with Gasteiger partial charge in [0.2, 0.25) is 13.3 Å². The number of carbonyl (C=O) groups excluding carboxylic acids is 1. The van der Waals surface area contributed by atoms with Crippen LogP contribution in [0, 0.1) is 0 Å². The highest BCUT2D eigenvalue weighted by atomic mass is 31.2. The number of carbonyl (C=O) groups is 1. The largest absolute Gasteiger partial charge is 0.495 e. The number of nitrogens with zero attached hydrogens (tertiary/aromatic N) is 4. The lowest BCUT2D eigenvalue weighted by atomic mass is 10.0. The second kappa shape index (κ2) is 13.3. The molecule has 0 radical (unpaired) electrons. The number of rotatable bonds is 4. The van der Waals surface area contributed by atoms with E-state index in [2.05, 4.69) is 31.0 Å². The molecular formula is C30H33F3N7O4P. The molecule has 0 saturated carbocycles. The first-order valence-electron chi connectivity index (χ1n) is 14.3. The van der Waals surface area contributed by atoms with Crippen molar-refractivity contribution in [1.29, 1.82) is 0 Å². The Morgan fingerprint density at radius 2 is 1.93 bits per heavy atom. The van der Waals surface area contributed by atoms with Gasteiger partial charge in [-0.2, -0.15) is 23.3 Å². The molecule has 0 unspecified atom stereocenters. The van der Waals surface area contributed by atoms with Crippen molar-refractivity contribution < 1.29 is 31.8 Å². The van der Waals surface area contributed by atoms with E-state index in [4.69, 9.17) is 9.26 Å². The van der Waals surface area contributed by atoms with Gasteiger partial charge in [0.1, 0.15) is 17.1 Å². The SMILES string of the molecule is CCC[P@@]1(=O)Cc2ccc(c(OC)c2)Nc2ncc(C(F)(F)F)c(n2)Nc2ccc(cc2C(=O)NC)-c2cnn(c2)CCCO1. The molecule has 0 spiro atoms. The summed E-state index contributed by atoms with van der Waals surface area (Å²) in [7, 11) is -0.163. The number of benzene rings is 2. The van der Waals surface area contributed by atoms with E-state index in [0.29, 0.717) is 59.9 Å². The fourth-order valence-corrected chi connectivity index (χ4v) is 7.26. The molecule has 0 fully saturated rings. The van der Waals surface area contributed by atoms with Crippen LogP contribution in [-0.2, 0) is 28.0 Å². The van der Waals surface area contributed by atoms with Crippen LogP contribution >= 0.6 is 7.37 Å². The molecule has 1 atom stereocenters. The van der Waals surface area contributed by atoms with Gasteiger partial charge >= 0.3 is 6.18 Å². The molecular weight excluding hydrogens is 610 g/mol. The Bertz CT molecular complexity index is 1740. The second-order valence-electron chi connectivity index (χ2n) is 10.5. The third kappa shape index (κ3) is 7.46. The smallest absolute Gasteiger partial charge is 0.421 e. The summed E-state index contributed by atoms with van der Waals surface area (Å²) >= 11 is 0. The van der Waals surface area contributed by atoms with E-state index >= 15 is 0 Å². The van der Waals surface area contributed by atoms with E-state index in [1.165, 1.54) is 20.2 Å². The first kappa shape index (κ1) is 32.0. The molecule has 2 aromatic carbocycles. The van der Waals surface area contributed by atoms with Crippen molar-refractivity contribution in [2.24, 2.45) is 0 Å². The van der Waals surface area contributed by atoms with Crippen molar-refractivity contribution in [1.82, 2.24) is 25.1 Å². The van der Waals surface area contributed by atoms with Gasteiger partial charge in [-0.15, -0.1) is 0 Å². The summed E-state index contributed by atoms with van der Waals surface area (Å²) in [6.07, 6.45) is 1.14. The monoisotopic (exact) mass is 643 g/mol. The fraction of sp³-hybridized carbons (Fsp3) is 0.333. The Labute approximate surface area is 258 Å². The summed E-state index contributed by atoms with van der Waals surface area (Å²) in [5.74, 6) is -0.867. The molecule has 4 aliphatic rings. The van der Waals surface area contributed by atoms with Gasteiger partial charge < -0.3 is 25.2 Å². The van der Waals surface area contributed by atoms with Crippen LogP contribution in [0.15, 0.2) is 55.0 Å². The highest BCUT2D eigenvalue weighted by Gasteiger charge is 2.36. The molecule has 4 aliphatic heterocycles. The minimum absolute atomic E-state index is 0.100. The minimum Gasteiger partial charge on any atom is -0.495 e. The Balaban J connectivity index is 1.62. The van der Waals surface area contributed by atoms with E-state index in [9.17, 15) is 22.5 Å². The van der Waals surface area contributed by atoms with Crippen LogP contribution in [0.5, 0.6) is 5.75 Å². The minimum atomic E-state index is -4.79. The van der Waals surface area contributed by atoms with E-state index in [-0.39, 0.29) is 30.0 Å². The first-order chi connectivity index (χ1) is 21.5. The molecule has 4 aromatic rings. The van der Waals surface area contributed by atoms with Crippen molar-refractivity contribution in [2.75, 3.05) is 37.6 Å². The summed E-state index contributed by atoms with van der Waals surface area (Å²) < 4.78 is 69.2. The van der Waals surface area contributed by atoms with Crippen molar-refractivity contribution in [3.63, 3.8) is 0 Å². The molecule has 8 rings (SSSR count). The van der Waals surface area contributed by atoms with Crippen LogP contribution in [0.25, 0.3) is 11.1 Å². The van der Waals surface area contributed by atoms with Crippen molar-refractivity contribution >= 4 is 36.4 Å². The molecule has 238 valence electrons. The molecule has 2 aromatic heterocycles. The van der Waals surface area contributed by atoms with Gasteiger partial charge in [0.05, 0.1) is 36.9 Å². The van der Waals surface area contributed by atoms with E-state index in [0.717, 1.165) is 0 Å². The number of nitrogens with one attached hydrogen (secondary N) is 3. The first-order valence-corrected chi connectivity index (χ1v) is 16.3. The van der Waals surface area contributed by atoms with Gasteiger partial charge in [-0.3, -0.25) is 14.0 Å². The standard InChI is InChI=1S/C30H33F3N7O4P/c1-4-12-45(42)18-19-6-8-25(26(13-19)43-3)38-29-35-16-23(30(31,32)33)27(39-29)37-24-9-7-20(14-22(24)28(41)34-2)21-15-36-40(17-21)10-5-11-44-45/h6-9,13-17H,4-5,10-12,18H2,1-3H3,(H,34,41)(H2,35,37,38,39)/t45-/m0/s1. The number of hydrogen-bond donors (Lipinski definition) is 3. The van der Waals surface area contributed by atoms with Crippen molar-refractivity contribution in [3.05, 3.63) is 71.7 Å². The molecule has 15 heteroatoms. The van der Waals surface area contributed by atoms with Crippen molar-refractivity contribution in [3.8, 4) is 16.9 Å². The lowest BCUT2D eigenvalue weighted by molar-refractivity contribution is -0.137. The van der Waals surface area contributed by atoms with Gasteiger partial charge in [0.15, 0.2) is 0 Å². The molecule has 0 aliphatic carbocycles. The fourth-order valence-electron chi connectivity index (χ4n) is 4.99. The number of halogens is 3. The molecule has 6 heterocycles. The van der Waals surface area contributed by atoms with Crippen LogP contribution in [-0.4, -0.2) is 52.6 Å². The molecule has 1 amide bonds. The zero-order valence-corrected chi connectivity index (χ0v) is 25.8. The Morgan fingerprint density at radius 3 is 2.67 bits per heavy atom. The van der Waals surface area contributed by atoms with Crippen molar-refractivity contribution in [2.45, 2.75) is 38.6 Å². The molecule has 8 bridgehead atoms. The summed E-state index contributed by atoms with van der Waals surface area (Å²) in [5.41, 5.74) is 1.52. The average Bonchev–Trinajstić information content (AvgIpc) is 3.48. The van der Waals surface area contributed by atoms with Crippen LogP contribution in [0.3, 0.4) is 0 Å². The summed E-state index contributed by atoms with van der Waals surface area (Å²) in [5, 5.41) is 12.6. The van der Waals surface area contributed by atoms with E-state index < -0.39 is 30.8 Å². The maximum Gasteiger partial charge on any atom is 0.421 e. The van der Waals surface area contributed by atoms with Gasteiger partial charge in [0, 0.05) is 43.9 Å². The normalized spacial score (nSPS) is 17.0. The van der Waals surface area contributed by atoms with Gasteiger partial charge in [-0.25, -0.2) is 4.98 Å². The maximum absolute atomic E-state index is 14.1. The van der Waals surface area contributed by atoms with Gasteiger partial charge in [-0.1, -0.05) is 19.1 Å². The Morgan fingerprint density at radius 1 is 1.13 bits per heavy atom. The zero-order valence-electron chi connectivity index (χ0n) is 24.9. The summed E-state index contributed by atoms with van der Waals surface area (Å²) in [6, 6.07) is 9.85. The lowest BCUT2D eigenvalue weighted by Gasteiger charge is -2.20. The second-order valence-corrected chi connectivity index (χ2v) is 13.1. The van der Waals surface area contributed by atoms with Crippen LogP contribution in [0.1, 0.15) is 41.3 Å². The Kier molecular flexibility index (Phi) is 9.45. The molecule has 45 heavy (non-hydrogen) atoms. The van der Waals surface area contributed by atoms with Gasteiger partial charge in [0.25, 0.3) is 5.91 Å². The lowest BCUT2D eigenvalue weighted by Crippen LogP contribution is -2.20. The Hall–Kier alpha value is -4.42. The predicted molar refractivity (Wildman–Crippen MR) is 165 cm³/mol. The quantitative estimate of drug-likeness (QED) is 0.205. The number of ether oxygens (including phenoxy) is 1. The number of alkyl halides is 3. The van der Waals surface area contributed by atoms with Crippen LogP contribution < -0.4 is 20.7 Å². The number of anilines is 4. The van der Waals surface area contributed by atoms with E-state index in [1.807, 2.05) is 6.92 Å². The summed E-state index contributed by atoms with van der Waals surface area (Å²) in [6.45, 7) is 2.72. The molecule has 0 saturated heterocycles. The zero-order chi connectivity index (χ0) is 32.2. The topological polar surface area (TPSA) is 132 Å². The number of methoxy groups -OCH3 is 1. The highest BCUT2D eigenvalue weighted by Crippen LogP contribution is 2.51. The van der Waals surface area contributed by atoms with Gasteiger partial charge in [-0.05, 0) is 48.2 Å². The number of aromatic nitrogens is 4. The van der Waals surface area contributed by atoms with Crippen LogP contribution in [0.4, 0.5) is 36.3 Å². The number of aryl methyl sites for hydroxylation is 1. The number of hydrogen-bond acceptors (Lipinski definition) is 9. The van der Waals surface area contributed by atoms with E-state index in [1.54, 1.807) is 47.4 Å². The highest BCUT2D eigenvalue weighted by molar-refractivity contribution is 7.58. The third-order valence-corrected chi connectivity index (χ3v) is 9.79.